The first kappa shape index (κ1) is 25.6. The molecule has 5 heteroatoms. The highest BCUT2D eigenvalue weighted by molar-refractivity contribution is 5.86. The first-order chi connectivity index (χ1) is 15.3. The Hall–Kier alpha value is -2.66. The van der Waals surface area contributed by atoms with E-state index < -0.39 is 6.04 Å². The predicted molar refractivity (Wildman–Crippen MR) is 130 cm³/mol. The molecule has 1 unspecified atom stereocenters. The number of carbonyl (C=O) groups is 2. The molecule has 0 aromatic heterocycles. The van der Waals surface area contributed by atoms with E-state index in [0.717, 1.165) is 29.7 Å². The summed E-state index contributed by atoms with van der Waals surface area (Å²) >= 11 is 0. The number of ether oxygens (including phenoxy) is 1. The van der Waals surface area contributed by atoms with E-state index in [4.69, 9.17) is 10.5 Å². The first-order valence-electron chi connectivity index (χ1n) is 11.7. The molecule has 32 heavy (non-hydrogen) atoms. The fourth-order valence-electron chi connectivity index (χ4n) is 3.69. The van der Waals surface area contributed by atoms with Gasteiger partial charge in [0.15, 0.2) is 0 Å². The van der Waals surface area contributed by atoms with Gasteiger partial charge < -0.3 is 15.8 Å². The summed E-state index contributed by atoms with van der Waals surface area (Å²) < 4.78 is 5.91. The van der Waals surface area contributed by atoms with Gasteiger partial charge in [0.2, 0.25) is 5.91 Å². The summed E-state index contributed by atoms with van der Waals surface area (Å²) in [5.74, 6) is 0.917. The zero-order valence-corrected chi connectivity index (χ0v) is 19.8. The number of nitrogens with one attached hydrogen (secondary N) is 1. The third-order valence-corrected chi connectivity index (χ3v) is 5.83. The molecular formula is C27H38N2O3. The third-order valence-electron chi connectivity index (χ3n) is 5.83. The quantitative estimate of drug-likeness (QED) is 0.470. The standard InChI is InChI=1S/C27H38N2O3/c1-5-9-19(2)18-32-25-14-12-23(13-15-25)24(17-29-27(31)21(4)28)16-26(30)20(3)22-10-7-6-8-11-22/h6-8,10-15,19-21,24H,5,9,16-18,28H2,1-4H3,(H,29,31)/t19?,20-,21-,24-/m0/s1. The van der Waals surface area contributed by atoms with E-state index in [2.05, 4.69) is 19.2 Å². The molecule has 0 aliphatic carbocycles. The summed E-state index contributed by atoms with van der Waals surface area (Å²) in [6.45, 7) is 9.00. The molecule has 3 N–H and O–H groups in total. The van der Waals surface area contributed by atoms with Crippen LogP contribution in [-0.4, -0.2) is 30.9 Å². The van der Waals surface area contributed by atoms with Crippen molar-refractivity contribution in [2.24, 2.45) is 11.7 Å². The SMILES string of the molecule is CCCC(C)COc1ccc([C@H](CNC(=O)[C@H](C)N)CC(=O)[C@@H](C)c2ccccc2)cc1. The molecule has 1 amide bonds. The van der Waals surface area contributed by atoms with Gasteiger partial charge in [-0.2, -0.15) is 0 Å². The molecule has 0 bridgehead atoms. The van der Waals surface area contributed by atoms with Crippen molar-refractivity contribution in [3.63, 3.8) is 0 Å². The Morgan fingerprint density at radius 3 is 2.22 bits per heavy atom. The lowest BCUT2D eigenvalue weighted by Gasteiger charge is -2.21. The number of ketones is 1. The molecule has 2 rings (SSSR count). The van der Waals surface area contributed by atoms with Crippen LogP contribution in [0.15, 0.2) is 54.6 Å². The van der Waals surface area contributed by atoms with Gasteiger partial charge in [-0.15, -0.1) is 0 Å². The predicted octanol–water partition coefficient (Wildman–Crippen LogP) is 4.81. The van der Waals surface area contributed by atoms with Crippen molar-refractivity contribution in [2.45, 2.75) is 64.8 Å². The lowest BCUT2D eigenvalue weighted by atomic mass is 9.87. The molecule has 174 valence electrons. The number of hydrogen-bond acceptors (Lipinski definition) is 4. The summed E-state index contributed by atoms with van der Waals surface area (Å²) in [6.07, 6.45) is 2.62. The van der Waals surface area contributed by atoms with Gasteiger partial charge in [-0.05, 0) is 42.5 Å². The smallest absolute Gasteiger partial charge is 0.236 e. The Bertz CT molecular complexity index is 834. The van der Waals surface area contributed by atoms with Gasteiger partial charge in [0, 0.05) is 24.8 Å². The average molecular weight is 439 g/mol. The second kappa shape index (κ2) is 13.0. The number of nitrogens with two attached hydrogens (primary N) is 1. The Morgan fingerprint density at radius 2 is 1.62 bits per heavy atom. The van der Waals surface area contributed by atoms with E-state index in [1.54, 1.807) is 6.92 Å². The van der Waals surface area contributed by atoms with Crippen LogP contribution >= 0.6 is 0 Å². The minimum atomic E-state index is -0.588. The van der Waals surface area contributed by atoms with Crippen LogP contribution < -0.4 is 15.8 Å². The number of carbonyl (C=O) groups excluding carboxylic acids is 2. The average Bonchev–Trinajstić information content (AvgIpc) is 2.80. The van der Waals surface area contributed by atoms with Gasteiger partial charge in [0.25, 0.3) is 0 Å². The monoisotopic (exact) mass is 438 g/mol. The third kappa shape index (κ3) is 8.12. The van der Waals surface area contributed by atoms with E-state index in [0.29, 0.717) is 25.5 Å². The largest absolute Gasteiger partial charge is 0.493 e. The van der Waals surface area contributed by atoms with Gasteiger partial charge in [-0.25, -0.2) is 0 Å². The molecule has 0 heterocycles. The van der Waals surface area contributed by atoms with Gasteiger partial charge in [0.1, 0.15) is 11.5 Å². The lowest BCUT2D eigenvalue weighted by Crippen LogP contribution is -2.40. The highest BCUT2D eigenvalue weighted by atomic mass is 16.5. The fourth-order valence-corrected chi connectivity index (χ4v) is 3.69. The summed E-state index contributed by atoms with van der Waals surface area (Å²) in [6, 6.07) is 17.1. The van der Waals surface area contributed by atoms with Crippen molar-refractivity contribution in [2.75, 3.05) is 13.2 Å². The Morgan fingerprint density at radius 1 is 0.969 bits per heavy atom. The van der Waals surface area contributed by atoms with Crippen molar-refractivity contribution in [1.82, 2.24) is 5.32 Å². The van der Waals surface area contributed by atoms with Gasteiger partial charge in [-0.1, -0.05) is 69.7 Å². The maximum atomic E-state index is 13.0. The highest BCUT2D eigenvalue weighted by Gasteiger charge is 2.22. The molecule has 0 fully saturated rings. The molecule has 0 aliphatic rings. The molecule has 0 radical (unpaired) electrons. The van der Waals surface area contributed by atoms with Gasteiger partial charge >= 0.3 is 0 Å². The number of hydrogen-bond donors (Lipinski definition) is 2. The first-order valence-corrected chi connectivity index (χ1v) is 11.7. The van der Waals surface area contributed by atoms with Gasteiger partial charge in [-0.3, -0.25) is 9.59 Å². The van der Waals surface area contributed by atoms with E-state index >= 15 is 0 Å². The van der Waals surface area contributed by atoms with E-state index in [1.165, 1.54) is 0 Å². The normalized spacial score (nSPS) is 14.8. The van der Waals surface area contributed by atoms with Crippen molar-refractivity contribution in [1.29, 1.82) is 0 Å². The minimum Gasteiger partial charge on any atom is -0.493 e. The van der Waals surface area contributed by atoms with Crippen LogP contribution in [0.2, 0.25) is 0 Å². The summed E-state index contributed by atoms with van der Waals surface area (Å²) in [5, 5.41) is 2.89. The molecule has 0 saturated heterocycles. The Labute approximate surface area is 192 Å². The zero-order chi connectivity index (χ0) is 23.5. The highest BCUT2D eigenvalue weighted by Crippen LogP contribution is 2.27. The lowest BCUT2D eigenvalue weighted by molar-refractivity contribution is -0.123. The maximum Gasteiger partial charge on any atom is 0.236 e. The van der Waals surface area contributed by atoms with Crippen molar-refractivity contribution in [3.8, 4) is 5.75 Å². The molecule has 0 aliphatic heterocycles. The number of rotatable bonds is 13. The summed E-state index contributed by atoms with van der Waals surface area (Å²) in [4.78, 5) is 25.1. The molecule has 0 spiro atoms. The van der Waals surface area contributed by atoms with Crippen LogP contribution in [0.1, 0.15) is 69.9 Å². The summed E-state index contributed by atoms with van der Waals surface area (Å²) in [5.41, 5.74) is 7.69. The van der Waals surface area contributed by atoms with Crippen LogP contribution in [0.25, 0.3) is 0 Å². The van der Waals surface area contributed by atoms with E-state index in [9.17, 15) is 9.59 Å². The topological polar surface area (TPSA) is 81.4 Å². The number of Topliss-reactive ketones (excluding diaryl/α,β-unsaturated/α-hetero) is 1. The second-order valence-corrected chi connectivity index (χ2v) is 8.81. The minimum absolute atomic E-state index is 0.135. The second-order valence-electron chi connectivity index (χ2n) is 8.81. The van der Waals surface area contributed by atoms with Crippen LogP contribution in [0, 0.1) is 5.92 Å². The number of benzene rings is 2. The molecule has 2 aromatic carbocycles. The van der Waals surface area contributed by atoms with Crippen LogP contribution in [0.3, 0.4) is 0 Å². The van der Waals surface area contributed by atoms with Crippen LogP contribution in [-0.2, 0) is 9.59 Å². The Kier molecular flexibility index (Phi) is 10.4. The molecule has 0 saturated carbocycles. The molecule has 5 nitrogen and oxygen atoms in total. The zero-order valence-electron chi connectivity index (χ0n) is 19.8. The molecular weight excluding hydrogens is 400 g/mol. The molecule has 2 aromatic rings. The molecule has 4 atom stereocenters. The number of amides is 1. The van der Waals surface area contributed by atoms with Crippen LogP contribution in [0.4, 0.5) is 0 Å². The van der Waals surface area contributed by atoms with Crippen LogP contribution in [0.5, 0.6) is 5.75 Å². The van der Waals surface area contributed by atoms with Crippen molar-refractivity contribution >= 4 is 11.7 Å². The van der Waals surface area contributed by atoms with E-state index in [-0.39, 0.29) is 23.5 Å². The summed E-state index contributed by atoms with van der Waals surface area (Å²) in [7, 11) is 0. The maximum absolute atomic E-state index is 13.0. The van der Waals surface area contributed by atoms with Crippen molar-refractivity contribution in [3.05, 3.63) is 65.7 Å². The van der Waals surface area contributed by atoms with Crippen molar-refractivity contribution < 1.29 is 14.3 Å². The van der Waals surface area contributed by atoms with E-state index in [1.807, 2.05) is 61.5 Å². The Balaban J connectivity index is 2.10. The fraction of sp³-hybridized carbons (Fsp3) is 0.481. The van der Waals surface area contributed by atoms with Gasteiger partial charge in [0.05, 0.1) is 12.6 Å².